The number of hydrogen-bond donors (Lipinski definition) is 2. The predicted molar refractivity (Wildman–Crippen MR) is 158 cm³/mol. The van der Waals surface area contributed by atoms with Crippen molar-refractivity contribution >= 4 is 35.3 Å². The summed E-state index contributed by atoms with van der Waals surface area (Å²) in [6.07, 6.45) is -0.718. The number of carboxylic acid groups (broad SMARTS) is 1. The van der Waals surface area contributed by atoms with Crippen LogP contribution in [0.25, 0.3) is 0 Å². The smallest absolute Gasteiger partial charge is 0.306 e. The SMILES string of the molecule is CC(=O)O[C@H]1CC[C@]2(C)C3=C([C@@H](O)C[C@H]2C1(C)C)[C@]1(C)C(=O)C[C@H](/C(C)=C/C(=O)CC(C)C(=O)O)[C@@]1(C)[C@H](OC(C)=O)C3=O. The standard InChI is InChI=1S/C34H46O10/c1-16(12-20(37)13-17(2)30(41)42)21-14-24(39)34(9)26-22(38)15-23-31(5,6)25(43-18(3)35)10-11-32(23,7)27(26)28(40)29(33(21,34)8)44-19(4)36/h12,17,21-23,25,29,38H,10-11,13-15H2,1-9H3,(H,41,42)/b16-12+/t17?,21-,22+,23+,25+,29-,32+,33+,34+/m1/s1. The van der Waals surface area contributed by atoms with Gasteiger partial charge in [0.05, 0.1) is 17.4 Å². The molecule has 0 heterocycles. The number of ketones is 3. The van der Waals surface area contributed by atoms with Gasteiger partial charge in [-0.3, -0.25) is 28.8 Å². The van der Waals surface area contributed by atoms with E-state index in [1.807, 2.05) is 20.8 Å². The molecule has 4 rings (SSSR count). The largest absolute Gasteiger partial charge is 0.481 e. The minimum absolute atomic E-state index is 0.0498. The molecule has 9 atom stereocenters. The van der Waals surface area contributed by atoms with Crippen LogP contribution in [-0.4, -0.2) is 63.8 Å². The monoisotopic (exact) mass is 614 g/mol. The first-order valence-corrected chi connectivity index (χ1v) is 15.4. The maximum atomic E-state index is 14.8. The molecule has 44 heavy (non-hydrogen) atoms. The van der Waals surface area contributed by atoms with Gasteiger partial charge in [-0.15, -0.1) is 0 Å². The molecule has 1 unspecified atom stereocenters. The number of rotatable bonds is 7. The minimum Gasteiger partial charge on any atom is -0.481 e. The molecule has 0 amide bonds. The zero-order valence-electron chi connectivity index (χ0n) is 27.2. The molecule has 2 saturated carbocycles. The van der Waals surface area contributed by atoms with E-state index < -0.39 is 81.3 Å². The zero-order valence-corrected chi connectivity index (χ0v) is 27.2. The number of carboxylic acids is 1. The van der Waals surface area contributed by atoms with Gasteiger partial charge in [0.15, 0.2) is 11.9 Å². The highest BCUT2D eigenvalue weighted by Crippen LogP contribution is 2.71. The van der Waals surface area contributed by atoms with Crippen LogP contribution >= 0.6 is 0 Å². The third-order valence-corrected chi connectivity index (χ3v) is 11.8. The van der Waals surface area contributed by atoms with E-state index in [4.69, 9.17) is 9.47 Å². The van der Waals surface area contributed by atoms with Crippen molar-refractivity contribution in [3.63, 3.8) is 0 Å². The normalized spacial score (nSPS) is 38.7. The first kappa shape index (κ1) is 33.7. The van der Waals surface area contributed by atoms with Crippen molar-refractivity contribution < 1.29 is 48.5 Å². The minimum atomic E-state index is -1.40. The van der Waals surface area contributed by atoms with Gasteiger partial charge in [-0.2, -0.15) is 0 Å². The number of fused-ring (bicyclic) bond motifs is 4. The summed E-state index contributed by atoms with van der Waals surface area (Å²) in [6.45, 7) is 15.0. The molecule has 0 aliphatic heterocycles. The molecule has 4 aliphatic carbocycles. The molecule has 242 valence electrons. The average Bonchev–Trinajstić information content (AvgIpc) is 3.11. The Morgan fingerprint density at radius 3 is 2.14 bits per heavy atom. The second-order valence-corrected chi connectivity index (χ2v) is 14.7. The Hall–Kier alpha value is -3.14. The maximum Gasteiger partial charge on any atom is 0.306 e. The molecule has 2 N–H and O–H groups in total. The van der Waals surface area contributed by atoms with Crippen LogP contribution in [-0.2, 0) is 38.2 Å². The quantitative estimate of drug-likeness (QED) is 0.315. The molecule has 0 saturated heterocycles. The van der Waals surface area contributed by atoms with Crippen LogP contribution in [0.3, 0.4) is 0 Å². The van der Waals surface area contributed by atoms with Gasteiger partial charge >= 0.3 is 17.9 Å². The van der Waals surface area contributed by atoms with Crippen molar-refractivity contribution in [2.45, 2.75) is 113 Å². The van der Waals surface area contributed by atoms with E-state index in [0.29, 0.717) is 29.6 Å². The lowest BCUT2D eigenvalue weighted by Gasteiger charge is -2.62. The summed E-state index contributed by atoms with van der Waals surface area (Å²) in [5.74, 6) is -5.20. The molecule has 0 radical (unpaired) electrons. The molecule has 10 nitrogen and oxygen atoms in total. The van der Waals surface area contributed by atoms with Crippen molar-refractivity contribution in [1.82, 2.24) is 0 Å². The van der Waals surface area contributed by atoms with Crippen molar-refractivity contribution in [3.05, 3.63) is 22.8 Å². The number of allylic oxidation sites excluding steroid dienone is 2. The van der Waals surface area contributed by atoms with Gasteiger partial charge < -0.3 is 19.7 Å². The topological polar surface area (TPSA) is 161 Å². The molecule has 10 heteroatoms. The molecular weight excluding hydrogens is 568 g/mol. The average molecular weight is 615 g/mol. The van der Waals surface area contributed by atoms with Gasteiger partial charge in [0.25, 0.3) is 0 Å². The third-order valence-electron chi connectivity index (χ3n) is 11.8. The van der Waals surface area contributed by atoms with Crippen LogP contribution in [0.1, 0.15) is 94.4 Å². The van der Waals surface area contributed by atoms with Gasteiger partial charge in [-0.25, -0.2) is 0 Å². The highest BCUT2D eigenvalue weighted by atomic mass is 16.6. The number of esters is 2. The highest BCUT2D eigenvalue weighted by molar-refractivity contribution is 6.08. The summed E-state index contributed by atoms with van der Waals surface area (Å²) >= 11 is 0. The molecule has 0 aromatic heterocycles. The third kappa shape index (κ3) is 4.79. The Labute approximate surface area is 258 Å². The lowest BCUT2D eigenvalue weighted by Crippen LogP contribution is -2.65. The molecule has 0 aromatic rings. The summed E-state index contributed by atoms with van der Waals surface area (Å²) < 4.78 is 11.5. The van der Waals surface area contributed by atoms with Crippen LogP contribution in [0.4, 0.5) is 0 Å². The van der Waals surface area contributed by atoms with Gasteiger partial charge in [-0.05, 0) is 62.0 Å². The second kappa shape index (κ2) is 11.0. The van der Waals surface area contributed by atoms with Crippen LogP contribution in [0, 0.1) is 39.4 Å². The van der Waals surface area contributed by atoms with Gasteiger partial charge in [0.1, 0.15) is 11.9 Å². The number of carbonyl (C=O) groups excluding carboxylic acids is 5. The number of aliphatic hydroxyl groups is 1. The summed E-state index contributed by atoms with van der Waals surface area (Å²) in [4.78, 5) is 77.7. The Morgan fingerprint density at radius 1 is 1.00 bits per heavy atom. The van der Waals surface area contributed by atoms with Crippen LogP contribution in [0.5, 0.6) is 0 Å². The van der Waals surface area contributed by atoms with Crippen molar-refractivity contribution in [3.8, 4) is 0 Å². The number of hydrogen-bond acceptors (Lipinski definition) is 9. The lowest BCUT2D eigenvalue weighted by atomic mass is 9.42. The first-order valence-electron chi connectivity index (χ1n) is 15.4. The summed E-state index contributed by atoms with van der Waals surface area (Å²) in [5, 5.41) is 21.2. The zero-order chi connectivity index (χ0) is 33.3. The fourth-order valence-electron chi connectivity index (χ4n) is 9.43. The van der Waals surface area contributed by atoms with Crippen molar-refractivity contribution in [2.75, 3.05) is 0 Å². The van der Waals surface area contributed by atoms with Crippen LogP contribution in [0.15, 0.2) is 22.8 Å². The Kier molecular flexibility index (Phi) is 8.46. The van der Waals surface area contributed by atoms with E-state index in [0.717, 1.165) is 0 Å². The van der Waals surface area contributed by atoms with E-state index in [9.17, 15) is 39.0 Å². The molecule has 2 fully saturated rings. The Balaban J connectivity index is 1.91. The Morgan fingerprint density at radius 2 is 1.59 bits per heavy atom. The number of Topliss-reactive ketones (excluding diaryl/α,β-unsaturated/α-hetero) is 2. The Bertz CT molecular complexity index is 1390. The molecular formula is C34H46O10. The van der Waals surface area contributed by atoms with E-state index in [-0.39, 0.29) is 31.0 Å². The van der Waals surface area contributed by atoms with E-state index in [1.54, 1.807) is 20.8 Å². The summed E-state index contributed by atoms with van der Waals surface area (Å²) in [7, 11) is 0. The second-order valence-electron chi connectivity index (χ2n) is 14.7. The maximum absolute atomic E-state index is 14.8. The number of ether oxygens (including phenoxy) is 2. The predicted octanol–water partition coefficient (Wildman–Crippen LogP) is 4.16. The molecule has 0 bridgehead atoms. The fraction of sp³-hybridized carbons (Fsp3) is 0.706. The van der Waals surface area contributed by atoms with E-state index in [2.05, 4.69) is 0 Å². The van der Waals surface area contributed by atoms with Crippen molar-refractivity contribution in [1.29, 1.82) is 0 Å². The van der Waals surface area contributed by atoms with Gasteiger partial charge in [-0.1, -0.05) is 40.2 Å². The number of aliphatic hydroxyl groups excluding tert-OH is 1. The molecule has 4 aliphatic rings. The van der Waals surface area contributed by atoms with Gasteiger partial charge in [0.2, 0.25) is 5.78 Å². The van der Waals surface area contributed by atoms with Gasteiger partial charge in [0, 0.05) is 43.1 Å². The summed E-state index contributed by atoms with van der Waals surface area (Å²) in [6, 6.07) is 0. The molecule has 0 spiro atoms. The number of aliphatic carboxylic acids is 1. The molecule has 0 aromatic carbocycles. The highest BCUT2D eigenvalue weighted by Gasteiger charge is 2.74. The van der Waals surface area contributed by atoms with E-state index >= 15 is 0 Å². The lowest BCUT2D eigenvalue weighted by molar-refractivity contribution is -0.180. The first-order chi connectivity index (χ1) is 20.1. The van der Waals surface area contributed by atoms with Crippen LogP contribution in [0.2, 0.25) is 0 Å². The van der Waals surface area contributed by atoms with Crippen molar-refractivity contribution in [2.24, 2.45) is 39.4 Å². The fourth-order valence-corrected chi connectivity index (χ4v) is 9.43. The number of carbonyl (C=O) groups is 6. The summed E-state index contributed by atoms with van der Waals surface area (Å²) in [5.41, 5.74) is -2.99. The van der Waals surface area contributed by atoms with E-state index in [1.165, 1.54) is 26.8 Å². The van der Waals surface area contributed by atoms with Crippen LogP contribution < -0.4 is 0 Å².